The van der Waals surface area contributed by atoms with Gasteiger partial charge in [-0.1, -0.05) is 6.92 Å². The molecule has 0 bridgehead atoms. The Bertz CT molecular complexity index is 869. The van der Waals surface area contributed by atoms with Crippen LogP contribution in [0, 0.1) is 47.3 Å². The van der Waals surface area contributed by atoms with Gasteiger partial charge in [-0.3, -0.25) is 4.79 Å². The molecule has 0 amide bonds. The van der Waals surface area contributed by atoms with Crippen LogP contribution in [0.4, 0.5) is 0 Å². The lowest BCUT2D eigenvalue weighted by Crippen LogP contribution is -2.58. The number of rotatable bonds is 5. The van der Waals surface area contributed by atoms with Gasteiger partial charge in [-0.2, -0.15) is 0 Å². The van der Waals surface area contributed by atoms with Gasteiger partial charge >= 0.3 is 0 Å². The molecule has 1 aromatic rings. The molecular formula is C25H40N4O3. The van der Waals surface area contributed by atoms with Gasteiger partial charge in [-0.25, -0.2) is 4.68 Å². The molecule has 32 heavy (non-hydrogen) atoms. The monoisotopic (exact) mass is 444 g/mol. The molecule has 0 saturated heterocycles. The van der Waals surface area contributed by atoms with Crippen molar-refractivity contribution in [2.24, 2.45) is 40.4 Å². The molecule has 1 unspecified atom stereocenters. The van der Waals surface area contributed by atoms with Gasteiger partial charge in [0.05, 0.1) is 12.2 Å². The fourth-order valence-electron chi connectivity index (χ4n) is 8.97. The first kappa shape index (κ1) is 22.5. The summed E-state index contributed by atoms with van der Waals surface area (Å²) in [5.41, 5.74) is -0.245. The number of nitrogens with zero attached hydrogens (tertiary/aromatic N) is 4. The minimum absolute atomic E-state index is 0.0847. The van der Waals surface area contributed by atoms with Crippen LogP contribution in [0.25, 0.3) is 0 Å². The molecule has 4 aliphatic carbocycles. The third kappa shape index (κ3) is 3.37. The van der Waals surface area contributed by atoms with Gasteiger partial charge in [0.25, 0.3) is 0 Å². The van der Waals surface area contributed by atoms with Gasteiger partial charge in [0.2, 0.25) is 0 Å². The number of hydrogen-bond donors (Lipinski definition) is 1. The Morgan fingerprint density at radius 2 is 1.94 bits per heavy atom. The first-order valence-electron chi connectivity index (χ1n) is 12.7. The number of aliphatic hydroxyl groups is 1. The maximum absolute atomic E-state index is 13.4. The van der Waals surface area contributed by atoms with Crippen LogP contribution < -0.4 is 0 Å². The molecule has 1 aromatic heterocycles. The minimum atomic E-state index is -0.531. The number of hydrogen-bond acceptors (Lipinski definition) is 6. The summed E-state index contributed by atoms with van der Waals surface area (Å²) < 4.78 is 7.52. The highest BCUT2D eigenvalue weighted by atomic mass is 16.5. The molecule has 5 rings (SSSR count). The van der Waals surface area contributed by atoms with Gasteiger partial charge in [0.15, 0.2) is 5.78 Å². The van der Waals surface area contributed by atoms with Crippen molar-refractivity contribution in [2.45, 2.75) is 90.7 Å². The Balaban J connectivity index is 1.38. The number of carbonyl (C=O) groups excluding carboxylic acids is 1. The second-order valence-corrected chi connectivity index (χ2v) is 12.0. The van der Waals surface area contributed by atoms with Gasteiger partial charge in [-0.15, -0.1) is 5.10 Å². The molecule has 0 aliphatic heterocycles. The Hall–Kier alpha value is -1.34. The van der Waals surface area contributed by atoms with E-state index in [0.29, 0.717) is 41.8 Å². The number of carbonyl (C=O) groups is 1. The molecule has 0 spiro atoms. The van der Waals surface area contributed by atoms with E-state index in [1.165, 1.54) is 19.3 Å². The van der Waals surface area contributed by atoms with Crippen LogP contribution in [0.5, 0.6) is 0 Å². The van der Waals surface area contributed by atoms with Gasteiger partial charge in [0, 0.05) is 13.0 Å². The van der Waals surface area contributed by atoms with Crippen molar-refractivity contribution < 1.29 is 14.6 Å². The molecule has 178 valence electrons. The summed E-state index contributed by atoms with van der Waals surface area (Å²) >= 11 is 0. The van der Waals surface area contributed by atoms with E-state index >= 15 is 0 Å². The summed E-state index contributed by atoms with van der Waals surface area (Å²) in [6, 6.07) is 0. The number of ether oxygens (including phenoxy) is 1. The zero-order valence-electron chi connectivity index (χ0n) is 20.2. The summed E-state index contributed by atoms with van der Waals surface area (Å²) in [5.74, 6) is 3.62. The van der Waals surface area contributed by atoms with Crippen molar-refractivity contribution in [3.05, 3.63) is 5.82 Å². The maximum Gasteiger partial charge on any atom is 0.158 e. The third-order valence-electron chi connectivity index (χ3n) is 10.5. The highest BCUT2D eigenvalue weighted by Gasteiger charge is 2.63. The Labute approximate surface area is 191 Å². The number of aromatic nitrogens is 4. The van der Waals surface area contributed by atoms with E-state index in [4.69, 9.17) is 4.74 Å². The van der Waals surface area contributed by atoms with E-state index in [2.05, 4.69) is 22.4 Å². The van der Waals surface area contributed by atoms with E-state index in [0.717, 1.165) is 45.1 Å². The van der Waals surface area contributed by atoms with Crippen LogP contribution in [0.1, 0.15) is 77.5 Å². The van der Waals surface area contributed by atoms with Crippen molar-refractivity contribution in [3.63, 3.8) is 0 Å². The van der Waals surface area contributed by atoms with Crippen LogP contribution in [0.15, 0.2) is 0 Å². The summed E-state index contributed by atoms with van der Waals surface area (Å²) in [6.07, 6.45) is 9.77. The molecular weight excluding hydrogens is 404 g/mol. The Morgan fingerprint density at radius 1 is 1.12 bits per heavy atom. The van der Waals surface area contributed by atoms with Crippen LogP contribution in [-0.4, -0.2) is 50.4 Å². The smallest absolute Gasteiger partial charge is 0.158 e. The second kappa shape index (κ2) is 7.86. The highest BCUT2D eigenvalue weighted by molar-refractivity contribution is 5.82. The van der Waals surface area contributed by atoms with Gasteiger partial charge in [-0.05, 0) is 117 Å². The number of fused-ring (bicyclic) bond motifs is 5. The number of Topliss-reactive ketones (excluding diaryl/α,β-unsaturated/α-hetero) is 1. The first-order valence-corrected chi connectivity index (χ1v) is 12.7. The topological polar surface area (TPSA) is 90.1 Å². The molecule has 0 radical (unpaired) electrons. The lowest BCUT2D eigenvalue weighted by Gasteiger charge is -2.62. The average Bonchev–Trinajstić information content (AvgIpc) is 3.30. The zero-order chi connectivity index (χ0) is 22.7. The van der Waals surface area contributed by atoms with Crippen molar-refractivity contribution in [1.29, 1.82) is 0 Å². The molecule has 1 heterocycles. The summed E-state index contributed by atoms with van der Waals surface area (Å²) in [4.78, 5) is 13.4. The molecule has 4 aliphatic rings. The van der Waals surface area contributed by atoms with Crippen molar-refractivity contribution >= 4 is 5.78 Å². The van der Waals surface area contributed by atoms with Crippen molar-refractivity contribution in [2.75, 3.05) is 13.7 Å². The first-order chi connectivity index (χ1) is 15.2. The molecule has 4 saturated carbocycles. The van der Waals surface area contributed by atoms with Crippen LogP contribution >= 0.6 is 0 Å². The number of methoxy groups -OCH3 is 1. The normalized spacial score (nSPS) is 45.7. The average molecular weight is 445 g/mol. The van der Waals surface area contributed by atoms with E-state index in [1.807, 2.05) is 21.0 Å². The standard InChI is InChI=1S/C25H40N4O3/c1-16-26-27-28-29(16)14-22(30)21-8-7-19-18-6-5-17-13-23(2,31)11-12-25(17,15-32-4)20(18)9-10-24(19,21)3/h17-21,31H,5-15H2,1-4H3/t17-,18+,19+,20+,21?,23-,24+,25-/m1/s1. The number of aryl methyl sites for hydroxylation is 1. The molecule has 1 N–H and O–H groups in total. The largest absolute Gasteiger partial charge is 0.390 e. The van der Waals surface area contributed by atoms with Gasteiger partial charge in [0.1, 0.15) is 12.4 Å². The SMILES string of the molecule is COC[C@]12CC[C@@](C)(O)C[C@H]1CC[C@@H]1[C@@H]2CC[C@]2(C)C(C(=O)Cn3nnnc3C)CC[C@@H]12. The lowest BCUT2D eigenvalue weighted by atomic mass is 9.43. The summed E-state index contributed by atoms with van der Waals surface area (Å²) in [7, 11) is 1.85. The Kier molecular flexibility index (Phi) is 5.52. The summed E-state index contributed by atoms with van der Waals surface area (Å²) in [5, 5.41) is 22.5. The van der Waals surface area contributed by atoms with E-state index in [9.17, 15) is 9.90 Å². The predicted molar refractivity (Wildman–Crippen MR) is 120 cm³/mol. The molecule has 0 aromatic carbocycles. The van der Waals surface area contributed by atoms with Gasteiger partial charge < -0.3 is 9.84 Å². The van der Waals surface area contributed by atoms with E-state index in [-0.39, 0.29) is 16.7 Å². The van der Waals surface area contributed by atoms with Crippen molar-refractivity contribution in [3.8, 4) is 0 Å². The van der Waals surface area contributed by atoms with Crippen molar-refractivity contribution in [1.82, 2.24) is 20.2 Å². The predicted octanol–water partition coefficient (Wildman–Crippen LogP) is 3.59. The quantitative estimate of drug-likeness (QED) is 0.746. The third-order valence-corrected chi connectivity index (χ3v) is 10.5. The molecule has 7 heteroatoms. The molecule has 4 fully saturated rings. The lowest BCUT2D eigenvalue weighted by molar-refractivity contribution is -0.175. The van der Waals surface area contributed by atoms with Crippen LogP contribution in [0.3, 0.4) is 0 Å². The minimum Gasteiger partial charge on any atom is -0.390 e. The number of tetrazole rings is 1. The van der Waals surface area contributed by atoms with E-state index < -0.39 is 5.60 Å². The molecule has 7 nitrogen and oxygen atoms in total. The van der Waals surface area contributed by atoms with E-state index in [1.54, 1.807) is 4.68 Å². The summed E-state index contributed by atoms with van der Waals surface area (Å²) in [6.45, 7) is 7.39. The highest BCUT2D eigenvalue weighted by Crippen LogP contribution is 2.68. The fourth-order valence-corrected chi connectivity index (χ4v) is 8.97. The van der Waals surface area contributed by atoms with Crippen LogP contribution in [-0.2, 0) is 16.1 Å². The molecule has 8 atom stereocenters. The number of ketones is 1. The fraction of sp³-hybridized carbons (Fsp3) is 0.920. The maximum atomic E-state index is 13.4. The zero-order valence-corrected chi connectivity index (χ0v) is 20.2. The Morgan fingerprint density at radius 3 is 2.66 bits per heavy atom. The second-order valence-electron chi connectivity index (χ2n) is 12.0. The van der Waals surface area contributed by atoms with Crippen LogP contribution in [0.2, 0.25) is 0 Å².